The Morgan fingerprint density at radius 3 is 2.36 bits per heavy atom. The van der Waals surface area contributed by atoms with Crippen LogP contribution in [0.15, 0.2) is 24.3 Å². The van der Waals surface area contributed by atoms with E-state index < -0.39 is 0 Å². The van der Waals surface area contributed by atoms with Crippen molar-refractivity contribution < 1.29 is 0 Å². The molecule has 25 heavy (non-hydrogen) atoms. The van der Waals surface area contributed by atoms with Gasteiger partial charge in [-0.1, -0.05) is 25.0 Å². The van der Waals surface area contributed by atoms with Gasteiger partial charge in [-0.15, -0.1) is 0 Å². The van der Waals surface area contributed by atoms with Crippen molar-refractivity contribution >= 4 is 5.69 Å². The number of nitriles is 1. The van der Waals surface area contributed by atoms with Crippen LogP contribution in [0.4, 0.5) is 5.69 Å². The average molecular weight is 338 g/mol. The van der Waals surface area contributed by atoms with Gasteiger partial charge in [-0.25, -0.2) is 0 Å². The zero-order valence-corrected chi connectivity index (χ0v) is 15.5. The molecule has 4 bridgehead atoms. The normalized spacial score (nSPS) is 33.0. The molecule has 4 aliphatic rings. The van der Waals surface area contributed by atoms with Gasteiger partial charge in [0.2, 0.25) is 0 Å². The predicted octanol–water partition coefficient (Wildman–Crippen LogP) is 4.48. The number of hydrogen-bond acceptors (Lipinski definition) is 3. The maximum absolute atomic E-state index is 8.73. The molecular weight excluding hydrogens is 306 g/mol. The van der Waals surface area contributed by atoms with Crippen molar-refractivity contribution in [3.05, 3.63) is 29.8 Å². The third-order valence-electron chi connectivity index (χ3n) is 6.96. The van der Waals surface area contributed by atoms with E-state index >= 15 is 0 Å². The maximum atomic E-state index is 8.73. The first-order chi connectivity index (χ1) is 12.2. The molecule has 134 valence electrons. The molecule has 3 nitrogen and oxygen atoms in total. The van der Waals surface area contributed by atoms with Crippen LogP contribution in [0.2, 0.25) is 0 Å². The van der Waals surface area contributed by atoms with Crippen LogP contribution >= 0.6 is 0 Å². The van der Waals surface area contributed by atoms with Crippen LogP contribution in [0, 0.1) is 29.1 Å². The van der Waals surface area contributed by atoms with E-state index in [-0.39, 0.29) is 0 Å². The molecule has 1 aromatic rings. The molecule has 0 spiro atoms. The summed E-state index contributed by atoms with van der Waals surface area (Å²) >= 11 is 0. The third-order valence-corrected chi connectivity index (χ3v) is 6.96. The van der Waals surface area contributed by atoms with Crippen molar-refractivity contribution in [1.82, 2.24) is 5.32 Å². The van der Waals surface area contributed by atoms with Gasteiger partial charge >= 0.3 is 0 Å². The third kappa shape index (κ3) is 3.70. The lowest BCUT2D eigenvalue weighted by Gasteiger charge is -2.49. The van der Waals surface area contributed by atoms with Gasteiger partial charge in [0.05, 0.1) is 12.5 Å². The van der Waals surface area contributed by atoms with Crippen LogP contribution in [0.1, 0.15) is 56.9 Å². The lowest BCUT2D eigenvalue weighted by molar-refractivity contribution is 0.0719. The van der Waals surface area contributed by atoms with Gasteiger partial charge in [0.1, 0.15) is 0 Å². The summed E-state index contributed by atoms with van der Waals surface area (Å²) in [5.41, 5.74) is 3.01. The molecule has 0 saturated heterocycles. The van der Waals surface area contributed by atoms with E-state index in [0.717, 1.165) is 30.8 Å². The standard InChI is InChI=1S/C22H31N3/c1-25(10-2-9-23)21-7-5-17(6-8-21)16-24-22-13-18-3-4-19(14-22)12-20(11-18)15-22/h5-8,18-20,24H,2-4,10-16H2,1H3. The molecule has 0 aromatic heterocycles. The maximum Gasteiger partial charge on any atom is 0.0640 e. The van der Waals surface area contributed by atoms with E-state index in [9.17, 15) is 0 Å². The fourth-order valence-electron chi connectivity index (χ4n) is 5.91. The van der Waals surface area contributed by atoms with Gasteiger partial charge in [0.15, 0.2) is 0 Å². The zero-order chi connectivity index (χ0) is 17.3. The number of benzene rings is 1. The van der Waals surface area contributed by atoms with Crippen LogP contribution in [0.25, 0.3) is 0 Å². The molecule has 4 aliphatic carbocycles. The van der Waals surface area contributed by atoms with E-state index in [4.69, 9.17) is 5.26 Å². The van der Waals surface area contributed by atoms with Crippen molar-refractivity contribution in [1.29, 1.82) is 5.26 Å². The van der Waals surface area contributed by atoms with E-state index in [2.05, 4.69) is 47.6 Å². The Labute approximate surface area is 152 Å². The number of fused-ring (bicyclic) bond motifs is 1. The van der Waals surface area contributed by atoms with Crippen molar-refractivity contribution in [3.8, 4) is 6.07 Å². The summed E-state index contributed by atoms with van der Waals surface area (Å²) in [6.07, 6.45) is 10.8. The van der Waals surface area contributed by atoms with E-state index in [1.54, 1.807) is 0 Å². The molecule has 0 heterocycles. The van der Waals surface area contributed by atoms with Crippen molar-refractivity contribution in [3.63, 3.8) is 0 Å². The van der Waals surface area contributed by atoms with Crippen LogP contribution in [0.3, 0.4) is 0 Å². The Kier molecular flexibility index (Phi) is 4.73. The van der Waals surface area contributed by atoms with Gasteiger partial charge in [-0.2, -0.15) is 5.26 Å². The smallest absolute Gasteiger partial charge is 0.0640 e. The molecule has 0 aliphatic heterocycles. The van der Waals surface area contributed by atoms with E-state index in [0.29, 0.717) is 12.0 Å². The number of anilines is 1. The molecule has 5 rings (SSSR count). The quantitative estimate of drug-likeness (QED) is 0.831. The van der Waals surface area contributed by atoms with Crippen LogP contribution in [0.5, 0.6) is 0 Å². The molecule has 2 atom stereocenters. The van der Waals surface area contributed by atoms with Gasteiger partial charge < -0.3 is 10.2 Å². The number of nitrogens with zero attached hydrogens (tertiary/aromatic N) is 2. The van der Waals surface area contributed by atoms with Gasteiger partial charge in [0, 0.05) is 31.4 Å². The van der Waals surface area contributed by atoms with Crippen LogP contribution in [-0.4, -0.2) is 19.1 Å². The fourth-order valence-corrected chi connectivity index (χ4v) is 5.91. The highest BCUT2D eigenvalue weighted by molar-refractivity contribution is 5.46. The summed E-state index contributed by atoms with van der Waals surface area (Å²) in [6, 6.07) is 11.1. The Balaban J connectivity index is 1.37. The highest BCUT2D eigenvalue weighted by Crippen LogP contribution is 2.53. The minimum atomic E-state index is 0.426. The van der Waals surface area contributed by atoms with Gasteiger partial charge in [-0.05, 0) is 67.6 Å². The monoisotopic (exact) mass is 337 g/mol. The SMILES string of the molecule is CN(CCC#N)c1ccc(CNC23CC4CCC(CC(C4)C2)C3)cc1. The fraction of sp³-hybridized carbons (Fsp3) is 0.682. The molecule has 3 heteroatoms. The highest BCUT2D eigenvalue weighted by Gasteiger charge is 2.48. The average Bonchev–Trinajstić information content (AvgIpc) is 2.84. The number of nitrogens with one attached hydrogen (secondary N) is 1. The second kappa shape index (κ2) is 7.00. The molecule has 0 radical (unpaired) electrons. The Morgan fingerprint density at radius 1 is 1.08 bits per heavy atom. The summed E-state index contributed by atoms with van der Waals surface area (Å²) in [7, 11) is 2.06. The molecule has 1 aromatic carbocycles. The van der Waals surface area contributed by atoms with Gasteiger partial charge in [-0.3, -0.25) is 0 Å². The predicted molar refractivity (Wildman–Crippen MR) is 102 cm³/mol. The van der Waals surface area contributed by atoms with Crippen molar-refractivity contribution in [2.75, 3.05) is 18.5 Å². The summed E-state index contributed by atoms with van der Waals surface area (Å²) in [5.74, 6) is 2.95. The summed E-state index contributed by atoms with van der Waals surface area (Å²) in [4.78, 5) is 2.16. The summed E-state index contributed by atoms with van der Waals surface area (Å²) in [5, 5.41) is 12.7. The molecule has 4 saturated carbocycles. The van der Waals surface area contributed by atoms with Crippen molar-refractivity contribution in [2.45, 2.75) is 63.5 Å². The minimum Gasteiger partial charge on any atom is -0.374 e. The van der Waals surface area contributed by atoms with Crippen LogP contribution in [-0.2, 0) is 6.54 Å². The number of rotatable bonds is 6. The minimum absolute atomic E-state index is 0.426. The largest absolute Gasteiger partial charge is 0.374 e. The lowest BCUT2D eigenvalue weighted by atomic mass is 9.63. The van der Waals surface area contributed by atoms with E-state index in [1.807, 2.05) is 0 Å². The molecular formula is C22H31N3. The van der Waals surface area contributed by atoms with Crippen molar-refractivity contribution in [2.24, 2.45) is 17.8 Å². The first-order valence-electron chi connectivity index (χ1n) is 10.1. The first kappa shape index (κ1) is 16.9. The first-order valence-corrected chi connectivity index (χ1v) is 10.1. The summed E-state index contributed by atoms with van der Waals surface area (Å²) < 4.78 is 0. The molecule has 1 N–H and O–H groups in total. The summed E-state index contributed by atoms with van der Waals surface area (Å²) in [6.45, 7) is 1.79. The van der Waals surface area contributed by atoms with Crippen LogP contribution < -0.4 is 10.2 Å². The highest BCUT2D eigenvalue weighted by atomic mass is 15.1. The number of hydrogen-bond donors (Lipinski definition) is 1. The Morgan fingerprint density at radius 2 is 1.72 bits per heavy atom. The Hall–Kier alpha value is -1.53. The zero-order valence-electron chi connectivity index (χ0n) is 15.5. The topological polar surface area (TPSA) is 39.1 Å². The molecule has 4 fully saturated rings. The second-order valence-corrected chi connectivity index (χ2v) is 8.89. The second-order valence-electron chi connectivity index (χ2n) is 8.89. The van der Waals surface area contributed by atoms with Gasteiger partial charge in [0.25, 0.3) is 0 Å². The lowest BCUT2D eigenvalue weighted by Crippen LogP contribution is -2.53. The van der Waals surface area contributed by atoms with E-state index in [1.165, 1.54) is 56.2 Å². The molecule has 0 amide bonds. The Bertz CT molecular complexity index is 614. The molecule has 2 unspecified atom stereocenters.